The minimum atomic E-state index is -1.40. The summed E-state index contributed by atoms with van der Waals surface area (Å²) in [6, 6.07) is 0. The lowest BCUT2D eigenvalue weighted by atomic mass is 9.99. The molecule has 66 valence electrons. The molecule has 1 saturated heterocycles. The zero-order chi connectivity index (χ0) is 8.65. The Morgan fingerprint density at radius 1 is 1.64 bits per heavy atom. The molecule has 3 nitrogen and oxygen atoms in total. The lowest BCUT2D eigenvalue weighted by molar-refractivity contribution is -0.0948. The third-order valence-corrected chi connectivity index (χ3v) is 2.14. The molecule has 0 aromatic rings. The number of alkyl halides is 1. The minimum Gasteiger partial charge on any atom is -0.393 e. The number of hydrogen-bond acceptors (Lipinski definition) is 3. The fraction of sp³-hybridized carbons (Fsp3) is 1.00. The van der Waals surface area contributed by atoms with Crippen molar-refractivity contribution in [3.8, 4) is 0 Å². The van der Waals surface area contributed by atoms with E-state index in [9.17, 15) is 9.50 Å². The predicted octanol–water partition coefficient (Wildman–Crippen LogP) is -0.145. The Morgan fingerprint density at radius 2 is 2.18 bits per heavy atom. The lowest BCUT2D eigenvalue weighted by Crippen LogP contribution is -2.42. The van der Waals surface area contributed by atoms with Gasteiger partial charge in [0.25, 0.3) is 0 Å². The largest absolute Gasteiger partial charge is 0.393 e. The molecule has 1 heterocycles. The van der Waals surface area contributed by atoms with Crippen molar-refractivity contribution in [1.82, 2.24) is 0 Å². The third kappa shape index (κ3) is 1.26. The van der Waals surface area contributed by atoms with Gasteiger partial charge in [0.15, 0.2) is 6.17 Å². The smallest absolute Gasteiger partial charge is 0.155 e. The van der Waals surface area contributed by atoms with E-state index in [1.807, 2.05) is 0 Å². The highest BCUT2D eigenvalue weighted by Crippen LogP contribution is 2.32. The summed E-state index contributed by atoms with van der Waals surface area (Å²) in [5, 5.41) is 18.0. The van der Waals surface area contributed by atoms with Gasteiger partial charge in [-0.3, -0.25) is 0 Å². The summed E-state index contributed by atoms with van der Waals surface area (Å²) in [7, 11) is 0. The van der Waals surface area contributed by atoms with Gasteiger partial charge in [0, 0.05) is 0 Å². The Bertz CT molecular complexity index is 153. The molecule has 0 bridgehead atoms. The van der Waals surface area contributed by atoms with Crippen molar-refractivity contribution in [3.05, 3.63) is 0 Å². The monoisotopic (exact) mass is 164 g/mol. The van der Waals surface area contributed by atoms with E-state index >= 15 is 0 Å². The van der Waals surface area contributed by atoms with Crippen LogP contribution in [-0.4, -0.2) is 40.8 Å². The van der Waals surface area contributed by atoms with Crippen LogP contribution in [-0.2, 0) is 4.74 Å². The fourth-order valence-electron chi connectivity index (χ4n) is 1.28. The van der Waals surface area contributed by atoms with E-state index in [4.69, 9.17) is 9.84 Å². The van der Waals surface area contributed by atoms with Crippen molar-refractivity contribution < 1.29 is 19.3 Å². The Labute approximate surface area is 64.8 Å². The molecule has 0 radical (unpaired) electrons. The second-order valence-corrected chi connectivity index (χ2v) is 3.18. The molecule has 0 spiro atoms. The van der Waals surface area contributed by atoms with Crippen molar-refractivity contribution in [1.29, 1.82) is 0 Å². The molecular weight excluding hydrogens is 151 g/mol. The number of aliphatic hydroxyl groups is 2. The van der Waals surface area contributed by atoms with E-state index in [-0.39, 0.29) is 6.61 Å². The van der Waals surface area contributed by atoms with E-state index in [1.54, 1.807) is 0 Å². The maximum atomic E-state index is 12.9. The molecule has 4 heteroatoms. The summed E-state index contributed by atoms with van der Waals surface area (Å²) >= 11 is 0. The first-order valence-electron chi connectivity index (χ1n) is 3.62. The summed E-state index contributed by atoms with van der Waals surface area (Å²) in [4.78, 5) is 0. The van der Waals surface area contributed by atoms with Crippen molar-refractivity contribution in [3.63, 3.8) is 0 Å². The Morgan fingerprint density at radius 3 is 2.36 bits per heavy atom. The first-order chi connectivity index (χ1) is 5.01. The van der Waals surface area contributed by atoms with Gasteiger partial charge in [-0.1, -0.05) is 0 Å². The van der Waals surface area contributed by atoms with Crippen LogP contribution in [0.25, 0.3) is 0 Å². The molecular formula is C7H13FO3. The van der Waals surface area contributed by atoms with Gasteiger partial charge in [-0.05, 0) is 13.8 Å². The van der Waals surface area contributed by atoms with Crippen molar-refractivity contribution in [2.75, 3.05) is 6.61 Å². The highest BCUT2D eigenvalue weighted by Gasteiger charge is 2.50. The van der Waals surface area contributed by atoms with Crippen LogP contribution in [0.4, 0.5) is 4.39 Å². The first-order valence-corrected chi connectivity index (χ1v) is 3.62. The quantitative estimate of drug-likeness (QED) is 0.567. The maximum absolute atomic E-state index is 12.9. The van der Waals surface area contributed by atoms with Crippen molar-refractivity contribution in [2.24, 2.45) is 0 Å². The molecule has 2 N–H and O–H groups in total. The number of hydrogen-bond donors (Lipinski definition) is 2. The standard InChI is InChI=1S/C7H13FO3/c1-4-5(8)6(10)7(2,3-9)11-4/h4-6,9-10H,3H2,1-2H3/t4-,5-,6-,7+/m0/s1. The summed E-state index contributed by atoms with van der Waals surface area (Å²) in [6.45, 7) is 2.67. The van der Waals surface area contributed by atoms with Crippen LogP contribution in [0.1, 0.15) is 13.8 Å². The van der Waals surface area contributed by atoms with Crippen LogP contribution < -0.4 is 0 Å². The SMILES string of the molecule is C[C@@H]1O[C@](C)(CO)[C@@H](O)[C@H]1F. The Balaban J connectivity index is 2.73. The average molecular weight is 164 g/mol. The maximum Gasteiger partial charge on any atom is 0.155 e. The average Bonchev–Trinajstić information content (AvgIpc) is 2.17. The van der Waals surface area contributed by atoms with Crippen molar-refractivity contribution >= 4 is 0 Å². The summed E-state index contributed by atoms with van der Waals surface area (Å²) in [5.74, 6) is 0. The predicted molar refractivity (Wildman–Crippen MR) is 36.9 cm³/mol. The molecule has 1 fully saturated rings. The van der Waals surface area contributed by atoms with E-state index < -0.39 is 24.0 Å². The molecule has 1 aliphatic rings. The van der Waals surface area contributed by atoms with Crippen molar-refractivity contribution in [2.45, 2.75) is 37.8 Å². The van der Waals surface area contributed by atoms with E-state index in [1.165, 1.54) is 13.8 Å². The van der Waals surface area contributed by atoms with E-state index in [0.29, 0.717) is 0 Å². The number of ether oxygens (including phenoxy) is 1. The summed E-state index contributed by atoms with van der Waals surface area (Å²) in [6.07, 6.45) is -3.25. The summed E-state index contributed by atoms with van der Waals surface area (Å²) < 4.78 is 18.0. The van der Waals surface area contributed by atoms with Gasteiger partial charge in [0.1, 0.15) is 11.7 Å². The molecule has 0 aliphatic carbocycles. The molecule has 1 rings (SSSR count). The van der Waals surface area contributed by atoms with Gasteiger partial charge in [-0.25, -0.2) is 4.39 Å². The highest BCUT2D eigenvalue weighted by molar-refractivity contribution is 4.97. The van der Waals surface area contributed by atoms with Gasteiger partial charge in [-0.2, -0.15) is 0 Å². The Hall–Kier alpha value is -0.190. The molecule has 0 amide bonds. The van der Waals surface area contributed by atoms with Crippen LogP contribution in [0, 0.1) is 0 Å². The molecule has 4 atom stereocenters. The lowest BCUT2D eigenvalue weighted by Gasteiger charge is -2.24. The number of halogens is 1. The van der Waals surface area contributed by atoms with Gasteiger partial charge in [0.05, 0.1) is 12.7 Å². The third-order valence-electron chi connectivity index (χ3n) is 2.14. The number of rotatable bonds is 1. The molecule has 0 aromatic heterocycles. The topological polar surface area (TPSA) is 49.7 Å². The van der Waals surface area contributed by atoms with Gasteiger partial charge in [0.2, 0.25) is 0 Å². The van der Waals surface area contributed by atoms with Gasteiger partial charge < -0.3 is 14.9 Å². The van der Waals surface area contributed by atoms with E-state index in [0.717, 1.165) is 0 Å². The molecule has 0 saturated carbocycles. The Kier molecular flexibility index (Phi) is 2.18. The molecule has 0 aromatic carbocycles. The normalized spacial score (nSPS) is 51.5. The van der Waals surface area contributed by atoms with E-state index in [2.05, 4.69) is 0 Å². The van der Waals surface area contributed by atoms with Gasteiger partial charge >= 0.3 is 0 Å². The first kappa shape index (κ1) is 8.90. The molecule has 0 unspecified atom stereocenters. The van der Waals surface area contributed by atoms with Crippen LogP contribution in [0.15, 0.2) is 0 Å². The second kappa shape index (κ2) is 2.69. The number of aliphatic hydroxyl groups excluding tert-OH is 2. The van der Waals surface area contributed by atoms with Crippen LogP contribution >= 0.6 is 0 Å². The zero-order valence-electron chi connectivity index (χ0n) is 6.62. The van der Waals surface area contributed by atoms with Crippen LogP contribution in [0.5, 0.6) is 0 Å². The summed E-state index contributed by atoms with van der Waals surface area (Å²) in [5.41, 5.74) is -1.13. The molecule has 11 heavy (non-hydrogen) atoms. The fourth-order valence-corrected chi connectivity index (χ4v) is 1.28. The minimum absolute atomic E-state index is 0.362. The van der Waals surface area contributed by atoms with Gasteiger partial charge in [-0.15, -0.1) is 0 Å². The zero-order valence-corrected chi connectivity index (χ0v) is 6.62. The highest BCUT2D eigenvalue weighted by atomic mass is 19.1. The van der Waals surface area contributed by atoms with Crippen LogP contribution in [0.3, 0.4) is 0 Å². The second-order valence-electron chi connectivity index (χ2n) is 3.18. The molecule has 1 aliphatic heterocycles. The van der Waals surface area contributed by atoms with Crippen LogP contribution in [0.2, 0.25) is 0 Å².